The predicted octanol–water partition coefficient (Wildman–Crippen LogP) is 4.25. The van der Waals surface area contributed by atoms with Crippen LogP contribution in [0.4, 0.5) is 5.69 Å². The molecule has 0 aliphatic carbocycles. The molecule has 2 aromatic rings. The number of ketones is 1. The van der Waals surface area contributed by atoms with Gasteiger partial charge in [0.05, 0.1) is 0 Å². The number of aryl methyl sites for hydroxylation is 1. The number of nitrogens with one attached hydrogen (secondary N) is 1. The molecular weight excluding hydrogens is 302 g/mol. The summed E-state index contributed by atoms with van der Waals surface area (Å²) < 4.78 is 5.46. The first-order valence-electron chi connectivity index (χ1n) is 8.27. The molecule has 4 nitrogen and oxygen atoms in total. The Morgan fingerprint density at radius 1 is 0.958 bits per heavy atom. The first-order chi connectivity index (χ1) is 11.6. The van der Waals surface area contributed by atoms with Crippen molar-refractivity contribution in [3.63, 3.8) is 0 Å². The van der Waals surface area contributed by atoms with Gasteiger partial charge < -0.3 is 10.1 Å². The third-order valence-electron chi connectivity index (χ3n) is 3.67. The Morgan fingerprint density at radius 2 is 1.62 bits per heavy atom. The zero-order valence-electron chi connectivity index (χ0n) is 14.2. The van der Waals surface area contributed by atoms with Crippen molar-refractivity contribution in [1.29, 1.82) is 0 Å². The van der Waals surface area contributed by atoms with E-state index in [9.17, 15) is 9.59 Å². The van der Waals surface area contributed by atoms with Crippen molar-refractivity contribution in [2.24, 2.45) is 0 Å². The predicted molar refractivity (Wildman–Crippen MR) is 95.6 cm³/mol. The summed E-state index contributed by atoms with van der Waals surface area (Å²) in [6, 6.07) is 14.6. The SMILES string of the molecule is CCCC(=O)c1ccc(OCC(=O)Nc2ccc(CC)cc2)cc1. The van der Waals surface area contributed by atoms with Crippen molar-refractivity contribution in [2.75, 3.05) is 11.9 Å². The van der Waals surface area contributed by atoms with Crippen LogP contribution in [-0.4, -0.2) is 18.3 Å². The molecule has 0 spiro atoms. The Labute approximate surface area is 142 Å². The zero-order chi connectivity index (χ0) is 17.4. The lowest BCUT2D eigenvalue weighted by Crippen LogP contribution is -2.20. The van der Waals surface area contributed by atoms with E-state index in [0.717, 1.165) is 18.5 Å². The summed E-state index contributed by atoms with van der Waals surface area (Å²) in [5.41, 5.74) is 2.65. The van der Waals surface area contributed by atoms with Crippen LogP contribution in [0.3, 0.4) is 0 Å². The fourth-order valence-corrected chi connectivity index (χ4v) is 2.28. The maximum absolute atomic E-state index is 11.9. The van der Waals surface area contributed by atoms with Crippen LogP contribution in [0.1, 0.15) is 42.6 Å². The van der Waals surface area contributed by atoms with Crippen LogP contribution < -0.4 is 10.1 Å². The summed E-state index contributed by atoms with van der Waals surface area (Å²) in [5.74, 6) is 0.474. The summed E-state index contributed by atoms with van der Waals surface area (Å²) >= 11 is 0. The maximum atomic E-state index is 11.9. The van der Waals surface area contributed by atoms with Crippen molar-refractivity contribution in [2.45, 2.75) is 33.1 Å². The van der Waals surface area contributed by atoms with E-state index in [4.69, 9.17) is 4.74 Å². The van der Waals surface area contributed by atoms with Gasteiger partial charge in [0.1, 0.15) is 5.75 Å². The van der Waals surface area contributed by atoms with Gasteiger partial charge in [-0.3, -0.25) is 9.59 Å². The van der Waals surface area contributed by atoms with Gasteiger partial charge in [-0.15, -0.1) is 0 Å². The molecule has 0 saturated heterocycles. The number of hydrogen-bond donors (Lipinski definition) is 1. The fraction of sp³-hybridized carbons (Fsp3) is 0.300. The first-order valence-corrected chi connectivity index (χ1v) is 8.27. The molecule has 0 unspecified atom stereocenters. The van der Waals surface area contributed by atoms with Gasteiger partial charge in [-0.1, -0.05) is 26.0 Å². The van der Waals surface area contributed by atoms with E-state index < -0.39 is 0 Å². The molecule has 0 aliphatic heterocycles. The zero-order valence-corrected chi connectivity index (χ0v) is 14.2. The molecule has 0 heterocycles. The average Bonchev–Trinajstić information content (AvgIpc) is 2.61. The van der Waals surface area contributed by atoms with Gasteiger partial charge in [-0.05, 0) is 54.8 Å². The molecule has 0 aliphatic rings. The van der Waals surface area contributed by atoms with Crippen LogP contribution in [0.15, 0.2) is 48.5 Å². The highest BCUT2D eigenvalue weighted by Crippen LogP contribution is 2.14. The number of Topliss-reactive ketones (excluding diaryl/α,β-unsaturated/α-hetero) is 1. The Hall–Kier alpha value is -2.62. The minimum absolute atomic E-state index is 0.0716. The highest BCUT2D eigenvalue weighted by atomic mass is 16.5. The summed E-state index contributed by atoms with van der Waals surface area (Å²) in [7, 11) is 0. The molecule has 0 atom stereocenters. The third kappa shape index (κ3) is 5.23. The lowest BCUT2D eigenvalue weighted by atomic mass is 10.1. The molecule has 0 saturated carbocycles. The molecule has 0 bridgehead atoms. The summed E-state index contributed by atoms with van der Waals surface area (Å²) in [6.07, 6.45) is 2.34. The largest absolute Gasteiger partial charge is 0.484 e. The van der Waals surface area contributed by atoms with Crippen molar-refractivity contribution in [1.82, 2.24) is 0 Å². The minimum atomic E-state index is -0.217. The smallest absolute Gasteiger partial charge is 0.262 e. The standard InChI is InChI=1S/C20H23NO3/c1-3-5-19(22)16-8-12-18(13-9-16)24-14-20(23)21-17-10-6-15(4-2)7-11-17/h6-13H,3-5,14H2,1-2H3,(H,21,23). The van der Waals surface area contributed by atoms with Crippen LogP contribution in [0.5, 0.6) is 5.75 Å². The molecule has 0 fully saturated rings. The van der Waals surface area contributed by atoms with Gasteiger partial charge in [-0.25, -0.2) is 0 Å². The Morgan fingerprint density at radius 3 is 2.21 bits per heavy atom. The highest BCUT2D eigenvalue weighted by molar-refractivity contribution is 5.96. The van der Waals surface area contributed by atoms with Crippen LogP contribution in [0, 0.1) is 0 Å². The van der Waals surface area contributed by atoms with Crippen molar-refractivity contribution < 1.29 is 14.3 Å². The monoisotopic (exact) mass is 325 g/mol. The molecular formula is C20H23NO3. The van der Waals surface area contributed by atoms with Crippen LogP contribution in [0.25, 0.3) is 0 Å². The van der Waals surface area contributed by atoms with Gasteiger partial charge in [0.25, 0.3) is 5.91 Å². The van der Waals surface area contributed by atoms with Crippen molar-refractivity contribution in [3.8, 4) is 5.75 Å². The maximum Gasteiger partial charge on any atom is 0.262 e. The van der Waals surface area contributed by atoms with Crippen molar-refractivity contribution in [3.05, 3.63) is 59.7 Å². The van der Waals surface area contributed by atoms with E-state index in [-0.39, 0.29) is 18.3 Å². The number of carbonyl (C=O) groups excluding carboxylic acids is 2. The molecule has 24 heavy (non-hydrogen) atoms. The summed E-state index contributed by atoms with van der Waals surface area (Å²) in [4.78, 5) is 23.7. The topological polar surface area (TPSA) is 55.4 Å². The van der Waals surface area contributed by atoms with Gasteiger partial charge >= 0.3 is 0 Å². The number of ether oxygens (including phenoxy) is 1. The summed E-state index contributed by atoms with van der Waals surface area (Å²) in [5, 5.41) is 2.79. The molecule has 126 valence electrons. The van der Waals surface area contributed by atoms with E-state index in [1.54, 1.807) is 24.3 Å². The molecule has 4 heteroatoms. The molecule has 0 aromatic heterocycles. The Kier molecular flexibility index (Phi) is 6.55. The lowest BCUT2D eigenvalue weighted by Gasteiger charge is -2.08. The van der Waals surface area contributed by atoms with E-state index in [1.165, 1.54) is 5.56 Å². The number of amides is 1. The molecule has 1 N–H and O–H groups in total. The Bertz CT molecular complexity index is 675. The number of carbonyl (C=O) groups is 2. The fourth-order valence-electron chi connectivity index (χ4n) is 2.28. The van der Waals surface area contributed by atoms with Gasteiger partial charge in [-0.2, -0.15) is 0 Å². The number of anilines is 1. The second-order valence-corrected chi connectivity index (χ2v) is 5.58. The first kappa shape index (κ1) is 17.7. The number of rotatable bonds is 8. The minimum Gasteiger partial charge on any atom is -0.484 e. The Balaban J connectivity index is 1.83. The lowest BCUT2D eigenvalue weighted by molar-refractivity contribution is -0.118. The van der Waals surface area contributed by atoms with Gasteiger partial charge in [0.2, 0.25) is 0 Å². The number of hydrogen-bond acceptors (Lipinski definition) is 3. The summed E-state index contributed by atoms with van der Waals surface area (Å²) in [6.45, 7) is 3.99. The van der Waals surface area contributed by atoms with Gasteiger partial charge in [0, 0.05) is 17.7 Å². The van der Waals surface area contributed by atoms with Crippen LogP contribution in [0.2, 0.25) is 0 Å². The van der Waals surface area contributed by atoms with Crippen molar-refractivity contribution >= 4 is 17.4 Å². The molecule has 2 aromatic carbocycles. The highest BCUT2D eigenvalue weighted by Gasteiger charge is 2.06. The third-order valence-corrected chi connectivity index (χ3v) is 3.67. The second kappa shape index (κ2) is 8.87. The van der Waals surface area contributed by atoms with E-state index in [0.29, 0.717) is 17.7 Å². The molecule has 1 amide bonds. The van der Waals surface area contributed by atoms with Crippen LogP contribution >= 0.6 is 0 Å². The normalized spacial score (nSPS) is 10.2. The molecule has 2 rings (SSSR count). The van der Waals surface area contributed by atoms with Crippen LogP contribution in [-0.2, 0) is 11.2 Å². The van der Waals surface area contributed by atoms with E-state index in [2.05, 4.69) is 12.2 Å². The average molecular weight is 325 g/mol. The number of benzene rings is 2. The van der Waals surface area contributed by atoms with E-state index in [1.807, 2.05) is 31.2 Å². The quantitative estimate of drug-likeness (QED) is 0.738. The second-order valence-electron chi connectivity index (χ2n) is 5.58. The van der Waals surface area contributed by atoms with E-state index >= 15 is 0 Å². The van der Waals surface area contributed by atoms with Gasteiger partial charge in [0.15, 0.2) is 12.4 Å². The molecule has 0 radical (unpaired) electrons.